The van der Waals surface area contributed by atoms with Gasteiger partial charge in [0.1, 0.15) is 12.4 Å². The second-order valence-electron chi connectivity index (χ2n) is 5.66. The van der Waals surface area contributed by atoms with Crippen molar-refractivity contribution in [2.45, 2.75) is 12.8 Å². The van der Waals surface area contributed by atoms with Crippen molar-refractivity contribution in [1.29, 1.82) is 0 Å². The molecule has 0 unspecified atom stereocenters. The third kappa shape index (κ3) is 7.16. The Hall–Kier alpha value is -2.77. The fourth-order valence-corrected chi connectivity index (χ4v) is 2.52. The summed E-state index contributed by atoms with van der Waals surface area (Å²) in [6.45, 7) is 0.825. The van der Waals surface area contributed by atoms with Crippen molar-refractivity contribution >= 4 is 35.0 Å². The van der Waals surface area contributed by atoms with Gasteiger partial charge < -0.3 is 25.2 Å². The number of amides is 2. The van der Waals surface area contributed by atoms with Crippen LogP contribution in [0.5, 0.6) is 5.75 Å². The lowest BCUT2D eigenvalue weighted by Crippen LogP contribution is -2.19. The monoisotopic (exact) mass is 392 g/mol. The number of carbonyl (C=O) groups excluding carboxylic acids is 1. The number of hydrogen-bond donors (Lipinski definition) is 3. The summed E-state index contributed by atoms with van der Waals surface area (Å²) in [5, 5.41) is 14.5. The molecular weight excluding hydrogens is 372 g/mol. The van der Waals surface area contributed by atoms with E-state index in [1.54, 1.807) is 43.5 Å². The number of methoxy groups -OCH3 is 1. The van der Waals surface area contributed by atoms with Crippen LogP contribution in [0.15, 0.2) is 42.5 Å². The molecule has 2 rings (SSSR count). The van der Waals surface area contributed by atoms with Gasteiger partial charge in [-0.25, -0.2) is 4.79 Å². The number of ether oxygens (including phenoxy) is 2. The maximum Gasteiger partial charge on any atom is 0.323 e. The van der Waals surface area contributed by atoms with Gasteiger partial charge in [0.25, 0.3) is 0 Å². The van der Waals surface area contributed by atoms with E-state index in [0.29, 0.717) is 41.8 Å². The number of halogens is 1. The number of carbonyl (C=O) groups is 2. The largest absolute Gasteiger partial charge is 0.490 e. The molecular formula is C19H21ClN2O5. The van der Waals surface area contributed by atoms with Crippen molar-refractivity contribution in [1.82, 2.24) is 0 Å². The minimum absolute atomic E-state index is 0.0347. The normalized spacial score (nSPS) is 10.3. The van der Waals surface area contributed by atoms with Crippen molar-refractivity contribution < 1.29 is 24.2 Å². The average molecular weight is 393 g/mol. The van der Waals surface area contributed by atoms with Gasteiger partial charge in [-0.2, -0.15) is 0 Å². The van der Waals surface area contributed by atoms with E-state index >= 15 is 0 Å². The first kappa shape index (κ1) is 20.5. The van der Waals surface area contributed by atoms with Gasteiger partial charge in [-0.15, -0.1) is 0 Å². The van der Waals surface area contributed by atoms with Crippen LogP contribution in [0.3, 0.4) is 0 Å². The van der Waals surface area contributed by atoms with E-state index in [0.717, 1.165) is 5.56 Å². The molecule has 2 aromatic carbocycles. The molecule has 0 spiro atoms. The van der Waals surface area contributed by atoms with Crippen LogP contribution in [0.2, 0.25) is 5.02 Å². The maximum absolute atomic E-state index is 12.2. The second kappa shape index (κ2) is 10.4. The summed E-state index contributed by atoms with van der Waals surface area (Å²) in [7, 11) is 1.58. The Bertz CT molecular complexity index is 797. The van der Waals surface area contributed by atoms with E-state index < -0.39 is 12.0 Å². The molecule has 0 radical (unpaired) electrons. The van der Waals surface area contributed by atoms with Crippen LogP contribution < -0.4 is 15.4 Å². The standard InChI is InChI=1S/C19H21ClN2O5/c1-26-9-10-27-17-7-6-15(12-16(17)20)22-19(25)21-14-4-2-3-13(11-14)5-8-18(23)24/h2-4,6-7,11-12H,5,8-10H2,1H3,(H,23,24)(H2,21,22,25). The third-order valence-corrected chi connectivity index (χ3v) is 3.84. The van der Waals surface area contributed by atoms with Crippen molar-refractivity contribution in [3.05, 3.63) is 53.1 Å². The second-order valence-corrected chi connectivity index (χ2v) is 6.07. The summed E-state index contributed by atoms with van der Waals surface area (Å²) in [5.74, 6) is -0.358. The lowest BCUT2D eigenvalue weighted by atomic mass is 10.1. The molecule has 0 aliphatic carbocycles. The zero-order valence-electron chi connectivity index (χ0n) is 14.8. The Morgan fingerprint density at radius 3 is 2.48 bits per heavy atom. The third-order valence-electron chi connectivity index (χ3n) is 3.55. The Morgan fingerprint density at radius 2 is 1.81 bits per heavy atom. The van der Waals surface area contributed by atoms with Gasteiger partial charge in [0.15, 0.2) is 0 Å². The smallest absolute Gasteiger partial charge is 0.323 e. The number of aliphatic carboxylic acids is 1. The zero-order valence-corrected chi connectivity index (χ0v) is 15.6. The number of nitrogens with one attached hydrogen (secondary N) is 2. The van der Waals surface area contributed by atoms with Crippen molar-refractivity contribution in [3.8, 4) is 5.75 Å². The number of benzene rings is 2. The number of carboxylic acids is 1. The molecule has 0 aromatic heterocycles. The number of hydrogen-bond acceptors (Lipinski definition) is 4. The molecule has 0 bridgehead atoms. The first-order valence-electron chi connectivity index (χ1n) is 8.28. The van der Waals surface area contributed by atoms with Gasteiger partial charge in [-0.05, 0) is 42.3 Å². The molecule has 0 aliphatic heterocycles. The van der Waals surface area contributed by atoms with Gasteiger partial charge in [-0.3, -0.25) is 4.79 Å². The van der Waals surface area contributed by atoms with Crippen molar-refractivity contribution in [2.75, 3.05) is 31.0 Å². The Balaban J connectivity index is 1.92. The minimum atomic E-state index is -0.863. The predicted molar refractivity (Wildman–Crippen MR) is 104 cm³/mol. The molecule has 2 aromatic rings. The van der Waals surface area contributed by atoms with Crippen LogP contribution >= 0.6 is 11.6 Å². The lowest BCUT2D eigenvalue weighted by Gasteiger charge is -2.11. The topological polar surface area (TPSA) is 96.9 Å². The highest BCUT2D eigenvalue weighted by Gasteiger charge is 2.07. The van der Waals surface area contributed by atoms with E-state index in [4.69, 9.17) is 26.2 Å². The van der Waals surface area contributed by atoms with Gasteiger partial charge >= 0.3 is 12.0 Å². The molecule has 2 amide bonds. The SMILES string of the molecule is COCCOc1ccc(NC(=O)Nc2cccc(CCC(=O)O)c2)cc1Cl. The summed E-state index contributed by atoms with van der Waals surface area (Å²) in [6, 6.07) is 11.5. The summed E-state index contributed by atoms with van der Waals surface area (Å²) < 4.78 is 10.4. The van der Waals surface area contributed by atoms with E-state index in [1.165, 1.54) is 0 Å². The summed E-state index contributed by atoms with van der Waals surface area (Å²) in [4.78, 5) is 22.8. The molecule has 3 N–H and O–H groups in total. The van der Waals surface area contributed by atoms with Gasteiger partial charge in [-0.1, -0.05) is 23.7 Å². The molecule has 27 heavy (non-hydrogen) atoms. The fourth-order valence-electron chi connectivity index (χ4n) is 2.28. The van der Waals surface area contributed by atoms with Crippen LogP contribution in [0.1, 0.15) is 12.0 Å². The van der Waals surface area contributed by atoms with Crippen molar-refractivity contribution in [2.24, 2.45) is 0 Å². The number of rotatable bonds is 9. The first-order chi connectivity index (χ1) is 13.0. The van der Waals surface area contributed by atoms with Crippen LogP contribution in [0.4, 0.5) is 16.2 Å². The number of urea groups is 1. The molecule has 7 nitrogen and oxygen atoms in total. The van der Waals surface area contributed by atoms with Gasteiger partial charge in [0, 0.05) is 24.9 Å². The Labute approximate surface area is 162 Å². The van der Waals surface area contributed by atoms with Crippen LogP contribution in [0.25, 0.3) is 0 Å². The molecule has 0 aliphatic rings. The quantitative estimate of drug-likeness (QED) is 0.560. The van der Waals surface area contributed by atoms with Crippen LogP contribution in [-0.2, 0) is 16.0 Å². The maximum atomic E-state index is 12.2. The van der Waals surface area contributed by atoms with E-state index in [-0.39, 0.29) is 6.42 Å². The molecule has 0 saturated carbocycles. The molecule has 0 fully saturated rings. The Morgan fingerprint density at radius 1 is 1.07 bits per heavy atom. The highest BCUT2D eigenvalue weighted by molar-refractivity contribution is 6.32. The Kier molecular flexibility index (Phi) is 7.91. The summed E-state index contributed by atoms with van der Waals surface area (Å²) in [5.41, 5.74) is 1.91. The molecule has 0 heterocycles. The number of aryl methyl sites for hydroxylation is 1. The van der Waals surface area contributed by atoms with E-state index in [2.05, 4.69) is 10.6 Å². The summed E-state index contributed by atoms with van der Waals surface area (Å²) in [6.07, 6.45) is 0.430. The number of anilines is 2. The lowest BCUT2D eigenvalue weighted by molar-refractivity contribution is -0.136. The van der Waals surface area contributed by atoms with Crippen LogP contribution in [-0.4, -0.2) is 37.4 Å². The summed E-state index contributed by atoms with van der Waals surface area (Å²) >= 11 is 6.15. The minimum Gasteiger partial charge on any atom is -0.490 e. The molecule has 0 saturated heterocycles. The van der Waals surface area contributed by atoms with Gasteiger partial charge in [0.2, 0.25) is 0 Å². The predicted octanol–water partition coefficient (Wildman–Crippen LogP) is 4.03. The molecule has 144 valence electrons. The number of carboxylic acid groups (broad SMARTS) is 1. The highest BCUT2D eigenvalue weighted by Crippen LogP contribution is 2.27. The highest BCUT2D eigenvalue weighted by atomic mass is 35.5. The van der Waals surface area contributed by atoms with E-state index in [9.17, 15) is 9.59 Å². The van der Waals surface area contributed by atoms with Crippen LogP contribution in [0, 0.1) is 0 Å². The fraction of sp³-hybridized carbons (Fsp3) is 0.263. The molecule has 8 heteroatoms. The van der Waals surface area contributed by atoms with Gasteiger partial charge in [0.05, 0.1) is 11.6 Å². The van der Waals surface area contributed by atoms with Crippen molar-refractivity contribution in [3.63, 3.8) is 0 Å². The zero-order chi connectivity index (χ0) is 19.6. The molecule has 0 atom stereocenters. The van der Waals surface area contributed by atoms with E-state index in [1.807, 2.05) is 6.07 Å². The first-order valence-corrected chi connectivity index (χ1v) is 8.66. The average Bonchev–Trinajstić information content (AvgIpc) is 2.62.